The van der Waals surface area contributed by atoms with Crippen molar-refractivity contribution in [2.45, 2.75) is 45.6 Å². The number of hydrogen-bond acceptors (Lipinski definition) is 2. The van der Waals surface area contributed by atoms with Crippen molar-refractivity contribution in [3.05, 3.63) is 35.9 Å². The van der Waals surface area contributed by atoms with Crippen LogP contribution in [0.1, 0.15) is 45.1 Å². The molecule has 1 aromatic rings. The third-order valence-corrected chi connectivity index (χ3v) is 3.25. The zero-order valence-electron chi connectivity index (χ0n) is 12.3. The van der Waals surface area contributed by atoms with Gasteiger partial charge in [0.1, 0.15) is 6.04 Å². The van der Waals surface area contributed by atoms with E-state index in [0.717, 1.165) is 5.56 Å². The summed E-state index contributed by atoms with van der Waals surface area (Å²) < 4.78 is 0. The molecule has 0 saturated heterocycles. The Hall–Kier alpha value is -1.84. The van der Waals surface area contributed by atoms with Gasteiger partial charge in [0.25, 0.3) is 0 Å². The van der Waals surface area contributed by atoms with Gasteiger partial charge in [-0.25, -0.2) is 4.79 Å². The van der Waals surface area contributed by atoms with Crippen molar-refractivity contribution in [1.82, 2.24) is 5.32 Å². The lowest BCUT2D eigenvalue weighted by atomic mass is 9.94. The van der Waals surface area contributed by atoms with E-state index in [1.54, 1.807) is 0 Å². The Morgan fingerprint density at radius 2 is 1.80 bits per heavy atom. The van der Waals surface area contributed by atoms with Crippen molar-refractivity contribution in [2.24, 2.45) is 5.92 Å². The molecule has 0 aliphatic rings. The number of carboxylic acids is 1. The highest BCUT2D eigenvalue weighted by atomic mass is 16.4. The molecule has 1 rings (SSSR count). The van der Waals surface area contributed by atoms with Gasteiger partial charge in [0.05, 0.1) is 5.92 Å². The minimum atomic E-state index is -0.977. The zero-order valence-corrected chi connectivity index (χ0v) is 12.3. The summed E-state index contributed by atoms with van der Waals surface area (Å²) in [6.07, 6.45) is 1.08. The van der Waals surface area contributed by atoms with Crippen LogP contribution in [0.5, 0.6) is 0 Å². The number of carboxylic acid groups (broad SMARTS) is 1. The maximum absolute atomic E-state index is 12.3. The molecule has 0 spiro atoms. The molecule has 0 heterocycles. The Morgan fingerprint density at radius 3 is 2.25 bits per heavy atom. The minimum Gasteiger partial charge on any atom is -0.480 e. The Labute approximate surface area is 120 Å². The molecule has 2 atom stereocenters. The van der Waals surface area contributed by atoms with Gasteiger partial charge in [-0.15, -0.1) is 0 Å². The second-order valence-electron chi connectivity index (χ2n) is 5.40. The first-order valence-corrected chi connectivity index (χ1v) is 7.03. The summed E-state index contributed by atoms with van der Waals surface area (Å²) in [6.45, 7) is 5.81. The third-order valence-electron chi connectivity index (χ3n) is 3.25. The Kier molecular flexibility index (Phi) is 6.22. The van der Waals surface area contributed by atoms with Crippen molar-refractivity contribution in [3.8, 4) is 0 Å². The van der Waals surface area contributed by atoms with Crippen molar-refractivity contribution in [3.63, 3.8) is 0 Å². The van der Waals surface area contributed by atoms with Gasteiger partial charge in [0.15, 0.2) is 0 Å². The second kappa shape index (κ2) is 7.68. The first-order valence-electron chi connectivity index (χ1n) is 7.03. The van der Waals surface area contributed by atoms with Gasteiger partial charge in [-0.2, -0.15) is 0 Å². The SMILES string of the molecule is CCC(C(=O)NC(CC(C)C)C(=O)O)c1ccccc1. The van der Waals surface area contributed by atoms with Crippen LogP contribution in [0.15, 0.2) is 30.3 Å². The van der Waals surface area contributed by atoms with Crippen molar-refractivity contribution < 1.29 is 14.7 Å². The van der Waals surface area contributed by atoms with Crippen LogP contribution in [0.3, 0.4) is 0 Å². The first kappa shape index (κ1) is 16.2. The van der Waals surface area contributed by atoms with Gasteiger partial charge >= 0.3 is 5.97 Å². The highest BCUT2D eigenvalue weighted by molar-refractivity contribution is 5.88. The smallest absolute Gasteiger partial charge is 0.326 e. The molecule has 0 bridgehead atoms. The largest absolute Gasteiger partial charge is 0.480 e. The average Bonchev–Trinajstić information content (AvgIpc) is 2.39. The van der Waals surface area contributed by atoms with E-state index in [2.05, 4.69) is 5.32 Å². The van der Waals surface area contributed by atoms with E-state index in [4.69, 9.17) is 0 Å². The Balaban J connectivity index is 2.78. The molecule has 20 heavy (non-hydrogen) atoms. The zero-order chi connectivity index (χ0) is 15.1. The second-order valence-corrected chi connectivity index (χ2v) is 5.40. The Bertz CT molecular complexity index is 442. The van der Waals surface area contributed by atoms with Crippen LogP contribution in [-0.2, 0) is 9.59 Å². The number of hydrogen-bond donors (Lipinski definition) is 2. The summed E-state index contributed by atoms with van der Waals surface area (Å²) in [5, 5.41) is 11.8. The fourth-order valence-corrected chi connectivity index (χ4v) is 2.22. The molecule has 0 fully saturated rings. The summed E-state index contributed by atoms with van der Waals surface area (Å²) in [5.74, 6) is -1.28. The van der Waals surface area contributed by atoms with Crippen LogP contribution in [0.4, 0.5) is 0 Å². The summed E-state index contributed by atoms with van der Waals surface area (Å²) in [4.78, 5) is 23.5. The molecule has 1 aromatic carbocycles. The predicted octanol–water partition coefficient (Wildman–Crippen LogP) is 2.80. The maximum Gasteiger partial charge on any atom is 0.326 e. The number of carbonyl (C=O) groups is 2. The summed E-state index contributed by atoms with van der Waals surface area (Å²) >= 11 is 0. The van der Waals surface area contributed by atoms with Gasteiger partial charge in [0.2, 0.25) is 5.91 Å². The molecule has 2 N–H and O–H groups in total. The van der Waals surface area contributed by atoms with Crippen LogP contribution >= 0.6 is 0 Å². The monoisotopic (exact) mass is 277 g/mol. The highest BCUT2D eigenvalue weighted by Gasteiger charge is 2.25. The number of rotatable bonds is 7. The van der Waals surface area contributed by atoms with E-state index in [1.807, 2.05) is 51.1 Å². The maximum atomic E-state index is 12.3. The average molecular weight is 277 g/mol. The van der Waals surface area contributed by atoms with E-state index >= 15 is 0 Å². The van der Waals surface area contributed by atoms with E-state index in [0.29, 0.717) is 12.8 Å². The lowest BCUT2D eigenvalue weighted by Gasteiger charge is -2.21. The van der Waals surface area contributed by atoms with Crippen LogP contribution in [-0.4, -0.2) is 23.0 Å². The fourth-order valence-electron chi connectivity index (χ4n) is 2.22. The number of nitrogens with one attached hydrogen (secondary N) is 1. The van der Waals surface area contributed by atoms with Crippen LogP contribution in [0.2, 0.25) is 0 Å². The molecule has 0 saturated carbocycles. The van der Waals surface area contributed by atoms with Crippen molar-refractivity contribution >= 4 is 11.9 Å². The molecule has 110 valence electrons. The third kappa shape index (κ3) is 4.68. The van der Waals surface area contributed by atoms with E-state index in [1.165, 1.54) is 0 Å². The van der Waals surface area contributed by atoms with Gasteiger partial charge in [-0.05, 0) is 24.3 Å². The minimum absolute atomic E-state index is 0.216. The summed E-state index contributed by atoms with van der Waals surface area (Å²) in [7, 11) is 0. The van der Waals surface area contributed by atoms with Crippen molar-refractivity contribution in [1.29, 1.82) is 0 Å². The number of benzene rings is 1. The van der Waals surface area contributed by atoms with Gasteiger partial charge in [-0.1, -0.05) is 51.1 Å². The highest BCUT2D eigenvalue weighted by Crippen LogP contribution is 2.20. The standard InChI is InChI=1S/C16H23NO3/c1-4-13(12-8-6-5-7-9-12)15(18)17-14(16(19)20)10-11(2)3/h5-9,11,13-14H,4,10H2,1-3H3,(H,17,18)(H,19,20). The molecule has 2 unspecified atom stereocenters. The normalized spacial score (nSPS) is 13.8. The van der Waals surface area contributed by atoms with Crippen LogP contribution in [0.25, 0.3) is 0 Å². The quantitative estimate of drug-likeness (QED) is 0.805. The molecular weight excluding hydrogens is 254 g/mol. The first-order chi connectivity index (χ1) is 9.45. The Morgan fingerprint density at radius 1 is 1.20 bits per heavy atom. The molecule has 4 nitrogen and oxygen atoms in total. The van der Waals surface area contributed by atoms with Crippen LogP contribution < -0.4 is 5.32 Å². The molecule has 0 radical (unpaired) electrons. The summed E-state index contributed by atoms with van der Waals surface area (Å²) in [6, 6.07) is 8.63. The lowest BCUT2D eigenvalue weighted by molar-refractivity contribution is -0.142. The molecule has 1 amide bonds. The number of carbonyl (C=O) groups excluding carboxylic acids is 1. The predicted molar refractivity (Wildman–Crippen MR) is 78.5 cm³/mol. The fraction of sp³-hybridized carbons (Fsp3) is 0.500. The van der Waals surface area contributed by atoms with Crippen molar-refractivity contribution in [2.75, 3.05) is 0 Å². The van der Waals surface area contributed by atoms with Gasteiger partial charge in [0, 0.05) is 0 Å². The topological polar surface area (TPSA) is 66.4 Å². The van der Waals surface area contributed by atoms with Crippen LogP contribution in [0, 0.1) is 5.92 Å². The van der Waals surface area contributed by atoms with Gasteiger partial charge in [-0.3, -0.25) is 4.79 Å². The number of aliphatic carboxylic acids is 1. The van der Waals surface area contributed by atoms with E-state index in [9.17, 15) is 14.7 Å². The molecule has 4 heteroatoms. The molecule has 0 aromatic heterocycles. The van der Waals surface area contributed by atoms with Gasteiger partial charge < -0.3 is 10.4 Å². The molecule has 0 aliphatic heterocycles. The van der Waals surface area contributed by atoms with E-state index < -0.39 is 12.0 Å². The van der Waals surface area contributed by atoms with E-state index in [-0.39, 0.29) is 17.7 Å². The molecular formula is C16H23NO3. The summed E-state index contributed by atoms with van der Waals surface area (Å²) in [5.41, 5.74) is 0.918. The number of amides is 1. The molecule has 0 aliphatic carbocycles. The lowest BCUT2D eigenvalue weighted by Crippen LogP contribution is -2.43.